The van der Waals surface area contributed by atoms with Crippen molar-refractivity contribution in [3.63, 3.8) is 0 Å². The summed E-state index contributed by atoms with van der Waals surface area (Å²) in [7, 11) is 0. The molecule has 1 aromatic heterocycles. The fourth-order valence-electron chi connectivity index (χ4n) is 1.46. The van der Waals surface area contributed by atoms with E-state index in [1.807, 2.05) is 13.8 Å². The number of rotatable bonds is 6. The summed E-state index contributed by atoms with van der Waals surface area (Å²) in [5.41, 5.74) is 0.725. The Kier molecular flexibility index (Phi) is 5.57. The third-order valence-corrected chi connectivity index (χ3v) is 3.05. The van der Waals surface area contributed by atoms with Crippen LogP contribution < -0.4 is 5.32 Å². The number of hydrogen-bond donors (Lipinski definition) is 1. The molecule has 1 heterocycles. The van der Waals surface area contributed by atoms with Gasteiger partial charge in [-0.15, -0.1) is 5.10 Å². The topological polar surface area (TPSA) is 78.7 Å². The monoisotopic (exact) mass is 252 g/mol. The lowest BCUT2D eigenvalue weighted by molar-refractivity contribution is 0.0947. The van der Waals surface area contributed by atoms with Gasteiger partial charge in [0.2, 0.25) is 0 Å². The summed E-state index contributed by atoms with van der Waals surface area (Å²) in [4.78, 5) is 12.4. The molecule has 0 aliphatic rings. The van der Waals surface area contributed by atoms with Gasteiger partial charge in [-0.1, -0.05) is 31.2 Å². The molecule has 92 valence electrons. The van der Waals surface area contributed by atoms with Crippen LogP contribution in [0.4, 0.5) is 0 Å². The predicted octanol–water partition coefficient (Wildman–Crippen LogP) is 1.91. The number of hydrogen-bond acceptors (Lipinski definition) is 5. The Balaban J connectivity index is 2.69. The molecule has 0 spiro atoms. The van der Waals surface area contributed by atoms with E-state index in [1.165, 1.54) is 0 Å². The summed E-state index contributed by atoms with van der Waals surface area (Å²) in [5, 5.41) is 15.5. The van der Waals surface area contributed by atoms with Crippen LogP contribution in [0.15, 0.2) is 0 Å². The third kappa shape index (κ3) is 3.79. The van der Waals surface area contributed by atoms with Gasteiger partial charge in [-0.3, -0.25) is 4.79 Å². The van der Waals surface area contributed by atoms with E-state index >= 15 is 0 Å². The van der Waals surface area contributed by atoms with E-state index < -0.39 is 6.04 Å². The molecule has 0 aliphatic heterocycles. The minimum absolute atomic E-state index is 0.233. The van der Waals surface area contributed by atoms with Crippen molar-refractivity contribution in [3.8, 4) is 6.07 Å². The molecule has 0 bridgehead atoms. The zero-order valence-corrected chi connectivity index (χ0v) is 10.9. The summed E-state index contributed by atoms with van der Waals surface area (Å²) < 4.78 is 3.79. The molecule has 1 amide bonds. The molecule has 1 N–H and O–H groups in total. The van der Waals surface area contributed by atoms with Crippen molar-refractivity contribution in [2.24, 2.45) is 0 Å². The number of nitrogens with zero attached hydrogens (tertiary/aromatic N) is 3. The lowest BCUT2D eigenvalue weighted by Gasteiger charge is -2.09. The predicted molar refractivity (Wildman–Crippen MR) is 65.7 cm³/mol. The largest absolute Gasteiger partial charge is 0.335 e. The van der Waals surface area contributed by atoms with Crippen LogP contribution in [-0.2, 0) is 6.42 Å². The Hall–Kier alpha value is -1.48. The van der Waals surface area contributed by atoms with Gasteiger partial charge in [-0.2, -0.15) is 5.26 Å². The minimum Gasteiger partial charge on any atom is -0.335 e. The summed E-state index contributed by atoms with van der Waals surface area (Å²) in [6, 6.07) is 1.65. The molecule has 17 heavy (non-hydrogen) atoms. The van der Waals surface area contributed by atoms with E-state index in [1.54, 1.807) is 0 Å². The highest BCUT2D eigenvalue weighted by molar-refractivity contribution is 7.08. The fraction of sp³-hybridized carbons (Fsp3) is 0.636. The van der Waals surface area contributed by atoms with Crippen molar-refractivity contribution in [2.45, 2.75) is 45.6 Å². The second-order valence-electron chi connectivity index (χ2n) is 3.74. The van der Waals surface area contributed by atoms with Crippen LogP contribution in [0.2, 0.25) is 0 Å². The Bertz CT molecular complexity index is 410. The van der Waals surface area contributed by atoms with E-state index in [0.717, 1.165) is 36.5 Å². The lowest BCUT2D eigenvalue weighted by atomic mass is 10.2. The van der Waals surface area contributed by atoms with Gasteiger partial charge in [0, 0.05) is 0 Å². The number of carbonyl (C=O) groups excluding carboxylic acids is 1. The van der Waals surface area contributed by atoms with E-state index in [0.29, 0.717) is 11.3 Å². The molecule has 6 heteroatoms. The molecule has 0 fully saturated rings. The fourth-order valence-corrected chi connectivity index (χ4v) is 2.07. The van der Waals surface area contributed by atoms with Crippen molar-refractivity contribution in [1.29, 1.82) is 5.26 Å². The van der Waals surface area contributed by atoms with Crippen molar-refractivity contribution in [2.75, 3.05) is 0 Å². The van der Waals surface area contributed by atoms with E-state index in [4.69, 9.17) is 5.26 Å². The normalized spacial score (nSPS) is 11.8. The van der Waals surface area contributed by atoms with Gasteiger partial charge in [-0.25, -0.2) is 0 Å². The smallest absolute Gasteiger partial charge is 0.265 e. The second kappa shape index (κ2) is 6.97. The maximum Gasteiger partial charge on any atom is 0.265 e. The number of aromatic nitrogens is 2. The van der Waals surface area contributed by atoms with Crippen LogP contribution in [-0.4, -0.2) is 21.5 Å². The standard InChI is InChI=1S/C11H16N4OS/c1-3-5-8(7-12)13-11(16)10-9(6-4-2)14-15-17-10/h8H,3-6H2,1-2H3,(H,13,16). The number of amides is 1. The molecule has 0 radical (unpaired) electrons. The minimum atomic E-state index is -0.427. The van der Waals surface area contributed by atoms with Crippen LogP contribution >= 0.6 is 11.5 Å². The number of aryl methyl sites for hydroxylation is 1. The van der Waals surface area contributed by atoms with Crippen molar-refractivity contribution in [3.05, 3.63) is 10.6 Å². The first-order valence-electron chi connectivity index (χ1n) is 5.74. The van der Waals surface area contributed by atoms with Gasteiger partial charge in [0.25, 0.3) is 5.91 Å². The number of nitrogens with one attached hydrogen (secondary N) is 1. The summed E-state index contributed by atoms with van der Waals surface area (Å²) in [6.07, 6.45) is 3.19. The molecular weight excluding hydrogens is 236 g/mol. The van der Waals surface area contributed by atoms with Gasteiger partial charge in [0.05, 0.1) is 11.8 Å². The highest BCUT2D eigenvalue weighted by Gasteiger charge is 2.18. The number of nitriles is 1. The molecule has 0 saturated heterocycles. The molecule has 1 unspecified atom stereocenters. The first-order chi connectivity index (χ1) is 8.22. The maximum atomic E-state index is 11.9. The van der Waals surface area contributed by atoms with Crippen molar-refractivity contribution < 1.29 is 4.79 Å². The first-order valence-corrected chi connectivity index (χ1v) is 6.51. The second-order valence-corrected chi connectivity index (χ2v) is 4.50. The summed E-state index contributed by atoms with van der Waals surface area (Å²) in [5.74, 6) is -0.233. The van der Waals surface area contributed by atoms with Gasteiger partial charge in [0.1, 0.15) is 10.9 Å². The molecule has 5 nitrogen and oxygen atoms in total. The third-order valence-electron chi connectivity index (χ3n) is 2.29. The summed E-state index contributed by atoms with van der Waals surface area (Å²) in [6.45, 7) is 4.00. The zero-order chi connectivity index (χ0) is 12.7. The quantitative estimate of drug-likeness (QED) is 0.838. The molecule has 1 atom stereocenters. The van der Waals surface area contributed by atoms with Crippen LogP contribution in [0, 0.1) is 11.3 Å². The average molecular weight is 252 g/mol. The van der Waals surface area contributed by atoms with Gasteiger partial charge in [-0.05, 0) is 24.4 Å². The van der Waals surface area contributed by atoms with E-state index in [-0.39, 0.29) is 5.91 Å². The van der Waals surface area contributed by atoms with Crippen molar-refractivity contribution in [1.82, 2.24) is 14.9 Å². The summed E-state index contributed by atoms with van der Waals surface area (Å²) >= 11 is 1.09. The Morgan fingerprint density at radius 1 is 1.53 bits per heavy atom. The highest BCUT2D eigenvalue weighted by atomic mass is 32.1. The Morgan fingerprint density at radius 2 is 2.29 bits per heavy atom. The molecule has 0 aromatic carbocycles. The van der Waals surface area contributed by atoms with Gasteiger partial charge >= 0.3 is 0 Å². The van der Waals surface area contributed by atoms with Crippen LogP contribution in [0.5, 0.6) is 0 Å². The van der Waals surface area contributed by atoms with Gasteiger partial charge in [0.15, 0.2) is 0 Å². The van der Waals surface area contributed by atoms with E-state index in [2.05, 4.69) is 21.0 Å². The van der Waals surface area contributed by atoms with Crippen LogP contribution in [0.25, 0.3) is 0 Å². The Morgan fingerprint density at radius 3 is 2.88 bits per heavy atom. The first kappa shape index (κ1) is 13.6. The molecule has 1 rings (SSSR count). The van der Waals surface area contributed by atoms with Crippen LogP contribution in [0.1, 0.15) is 48.5 Å². The molecule has 0 aliphatic carbocycles. The van der Waals surface area contributed by atoms with E-state index in [9.17, 15) is 4.79 Å². The molecule has 1 aromatic rings. The van der Waals surface area contributed by atoms with Gasteiger partial charge < -0.3 is 5.32 Å². The Labute approximate surface area is 105 Å². The average Bonchev–Trinajstić information content (AvgIpc) is 2.77. The number of carbonyl (C=O) groups is 1. The maximum absolute atomic E-state index is 11.9. The zero-order valence-electron chi connectivity index (χ0n) is 10.1. The van der Waals surface area contributed by atoms with Crippen molar-refractivity contribution >= 4 is 17.4 Å². The highest BCUT2D eigenvalue weighted by Crippen LogP contribution is 2.12. The molecule has 0 saturated carbocycles. The lowest BCUT2D eigenvalue weighted by Crippen LogP contribution is -2.33. The molecular formula is C11H16N4OS. The van der Waals surface area contributed by atoms with Crippen LogP contribution in [0.3, 0.4) is 0 Å². The SMILES string of the molecule is CCCc1nnsc1C(=O)NC(C#N)CCC.